The van der Waals surface area contributed by atoms with Crippen LogP contribution in [0.25, 0.3) is 6.08 Å². The van der Waals surface area contributed by atoms with Gasteiger partial charge < -0.3 is 9.47 Å². The molecular formula is C24H26N2O3S. The fraction of sp³-hybridized carbons (Fsp3) is 0.250. The van der Waals surface area contributed by atoms with Crippen LogP contribution in [0.2, 0.25) is 0 Å². The van der Waals surface area contributed by atoms with Gasteiger partial charge >= 0.3 is 0 Å². The van der Waals surface area contributed by atoms with E-state index in [0.29, 0.717) is 23.2 Å². The zero-order valence-corrected chi connectivity index (χ0v) is 18.3. The lowest BCUT2D eigenvalue weighted by Crippen LogP contribution is -2.30. The average molecular weight is 423 g/mol. The van der Waals surface area contributed by atoms with Crippen LogP contribution in [0.3, 0.4) is 0 Å². The minimum atomic E-state index is -0.159. The first kappa shape index (κ1) is 21.7. The second-order valence-corrected chi connectivity index (χ2v) is 7.81. The molecule has 2 aromatic rings. The van der Waals surface area contributed by atoms with Crippen LogP contribution in [0.5, 0.6) is 11.5 Å². The topological polar surface area (TPSA) is 51.1 Å². The van der Waals surface area contributed by atoms with Crippen molar-refractivity contribution in [1.82, 2.24) is 0 Å². The number of hydrogen-bond acceptors (Lipinski definition) is 5. The second kappa shape index (κ2) is 10.2. The number of amidine groups is 1. The molecule has 0 bridgehead atoms. The van der Waals surface area contributed by atoms with Crippen LogP contribution >= 0.6 is 11.8 Å². The maximum atomic E-state index is 13.2. The van der Waals surface area contributed by atoms with Crippen LogP contribution in [0.15, 0.2) is 71.9 Å². The highest BCUT2D eigenvalue weighted by atomic mass is 32.2. The van der Waals surface area contributed by atoms with Gasteiger partial charge in [-0.2, -0.15) is 0 Å². The number of nitrogens with zero attached hydrogens (tertiary/aromatic N) is 2. The molecule has 1 aliphatic rings. The lowest BCUT2D eigenvalue weighted by atomic mass is 10.2. The summed E-state index contributed by atoms with van der Waals surface area (Å²) in [6, 6.07) is 15.1. The highest BCUT2D eigenvalue weighted by Gasteiger charge is 2.31. The number of aliphatic imine (C=N–C) groups is 1. The Morgan fingerprint density at radius 1 is 1.10 bits per heavy atom. The van der Waals surface area contributed by atoms with Gasteiger partial charge in [0.15, 0.2) is 5.17 Å². The summed E-state index contributed by atoms with van der Waals surface area (Å²) in [7, 11) is 0. The van der Waals surface area contributed by atoms with E-state index in [0.717, 1.165) is 22.7 Å². The molecule has 5 nitrogen and oxygen atoms in total. The zero-order chi connectivity index (χ0) is 21.5. The van der Waals surface area contributed by atoms with Crippen molar-refractivity contribution in [3.63, 3.8) is 0 Å². The molecule has 0 unspecified atom stereocenters. The molecule has 0 N–H and O–H groups in total. The van der Waals surface area contributed by atoms with Crippen LogP contribution in [0.1, 0.15) is 26.3 Å². The fourth-order valence-corrected chi connectivity index (χ4v) is 3.63. The molecule has 1 amide bonds. The van der Waals surface area contributed by atoms with E-state index in [1.54, 1.807) is 17.1 Å². The monoisotopic (exact) mass is 422 g/mol. The third kappa shape index (κ3) is 5.33. The number of hydrogen-bond donors (Lipinski definition) is 0. The Morgan fingerprint density at radius 3 is 2.37 bits per heavy atom. The van der Waals surface area contributed by atoms with Gasteiger partial charge in [0.25, 0.3) is 5.91 Å². The van der Waals surface area contributed by atoms with Gasteiger partial charge in [0.1, 0.15) is 17.2 Å². The predicted molar refractivity (Wildman–Crippen MR) is 125 cm³/mol. The van der Waals surface area contributed by atoms with Crippen molar-refractivity contribution in [3.05, 3.63) is 72.4 Å². The van der Waals surface area contributed by atoms with Crippen molar-refractivity contribution in [1.29, 1.82) is 0 Å². The van der Waals surface area contributed by atoms with Gasteiger partial charge in [-0.15, -0.1) is 6.58 Å². The molecule has 30 heavy (non-hydrogen) atoms. The fourth-order valence-electron chi connectivity index (χ4n) is 2.89. The van der Waals surface area contributed by atoms with Crippen LogP contribution in [-0.2, 0) is 4.79 Å². The van der Waals surface area contributed by atoms with Crippen molar-refractivity contribution in [2.24, 2.45) is 4.99 Å². The Kier molecular flexibility index (Phi) is 7.36. The Balaban J connectivity index is 1.87. The summed E-state index contributed by atoms with van der Waals surface area (Å²) in [5.41, 5.74) is 2.04. The van der Waals surface area contributed by atoms with Crippen LogP contribution < -0.4 is 14.4 Å². The quantitative estimate of drug-likeness (QED) is 0.414. The lowest BCUT2D eigenvalue weighted by Gasteiger charge is -2.17. The molecule has 0 saturated heterocycles. The van der Waals surface area contributed by atoms with Gasteiger partial charge in [0, 0.05) is 5.75 Å². The Labute approximate surface area is 182 Å². The van der Waals surface area contributed by atoms with Gasteiger partial charge in [-0.25, -0.2) is 4.99 Å². The third-order valence-electron chi connectivity index (χ3n) is 4.12. The number of anilines is 1. The van der Waals surface area contributed by atoms with E-state index in [1.165, 1.54) is 11.8 Å². The van der Waals surface area contributed by atoms with Gasteiger partial charge in [-0.1, -0.05) is 30.0 Å². The van der Waals surface area contributed by atoms with Crippen molar-refractivity contribution in [2.75, 3.05) is 17.3 Å². The van der Waals surface area contributed by atoms with Crippen LogP contribution in [0.4, 0.5) is 5.69 Å². The van der Waals surface area contributed by atoms with Crippen LogP contribution in [0, 0.1) is 0 Å². The molecule has 156 valence electrons. The van der Waals surface area contributed by atoms with E-state index in [4.69, 9.17) is 9.47 Å². The third-order valence-corrected chi connectivity index (χ3v) is 5.06. The van der Waals surface area contributed by atoms with E-state index >= 15 is 0 Å². The lowest BCUT2D eigenvalue weighted by molar-refractivity contribution is -0.113. The largest absolute Gasteiger partial charge is 0.494 e. The Bertz CT molecular complexity index is 947. The molecule has 1 aliphatic heterocycles. The standard InChI is InChI=1S/C24H26N2O3S/c1-5-15-30-24-25-22(16-18-7-11-21(12-8-18)29-17(3)4)23(27)26(24)19-9-13-20(14-10-19)28-6-2/h5,7-14,16-17H,1,6,15H2,2-4H3. The minimum Gasteiger partial charge on any atom is -0.494 e. The molecule has 0 radical (unpaired) electrons. The molecule has 0 fully saturated rings. The SMILES string of the molecule is C=CCSC1=NC(=Cc2ccc(OC(C)C)cc2)C(=O)N1c1ccc(OCC)cc1. The molecule has 0 spiro atoms. The van der Waals surface area contributed by atoms with Crippen molar-refractivity contribution in [3.8, 4) is 11.5 Å². The molecule has 1 heterocycles. The van der Waals surface area contributed by atoms with E-state index in [2.05, 4.69) is 11.6 Å². The first-order valence-corrected chi connectivity index (χ1v) is 10.9. The number of rotatable bonds is 8. The van der Waals surface area contributed by atoms with Gasteiger partial charge in [0.05, 0.1) is 18.4 Å². The van der Waals surface area contributed by atoms with E-state index in [9.17, 15) is 4.79 Å². The van der Waals surface area contributed by atoms with Crippen LogP contribution in [-0.4, -0.2) is 29.5 Å². The molecule has 6 heteroatoms. The van der Waals surface area contributed by atoms with Gasteiger partial charge in [0.2, 0.25) is 0 Å². The Morgan fingerprint density at radius 2 is 1.77 bits per heavy atom. The second-order valence-electron chi connectivity index (χ2n) is 6.83. The molecule has 3 rings (SSSR count). The number of carbonyl (C=O) groups is 1. The average Bonchev–Trinajstić information content (AvgIpc) is 3.03. The summed E-state index contributed by atoms with van der Waals surface area (Å²) in [6.45, 7) is 10.3. The number of thioether (sulfide) groups is 1. The predicted octanol–water partition coefficient (Wildman–Crippen LogP) is 5.54. The Hall–Kier alpha value is -2.99. The molecular weight excluding hydrogens is 396 g/mol. The summed E-state index contributed by atoms with van der Waals surface area (Å²) in [4.78, 5) is 19.4. The first-order valence-electron chi connectivity index (χ1n) is 9.90. The molecule has 0 saturated carbocycles. The summed E-state index contributed by atoms with van der Waals surface area (Å²) in [6.07, 6.45) is 3.70. The maximum Gasteiger partial charge on any atom is 0.283 e. The van der Waals surface area contributed by atoms with Crippen molar-refractivity contribution in [2.45, 2.75) is 26.9 Å². The highest BCUT2D eigenvalue weighted by molar-refractivity contribution is 8.14. The van der Waals surface area contributed by atoms with Crippen molar-refractivity contribution >= 4 is 34.6 Å². The summed E-state index contributed by atoms with van der Waals surface area (Å²) in [5, 5.41) is 0.634. The normalized spacial score (nSPS) is 14.9. The van der Waals surface area contributed by atoms with E-state index < -0.39 is 0 Å². The van der Waals surface area contributed by atoms with Gasteiger partial charge in [-0.3, -0.25) is 9.69 Å². The highest BCUT2D eigenvalue weighted by Crippen LogP contribution is 2.30. The summed E-state index contributed by atoms with van der Waals surface area (Å²) >= 11 is 1.47. The maximum absolute atomic E-state index is 13.2. The first-order chi connectivity index (χ1) is 14.5. The molecule has 0 aromatic heterocycles. The molecule has 2 aromatic carbocycles. The zero-order valence-electron chi connectivity index (χ0n) is 17.5. The number of ether oxygens (including phenoxy) is 2. The van der Waals surface area contributed by atoms with Crippen molar-refractivity contribution < 1.29 is 14.3 Å². The number of benzene rings is 2. The number of amides is 1. The summed E-state index contributed by atoms with van der Waals surface area (Å²) in [5.74, 6) is 2.07. The smallest absolute Gasteiger partial charge is 0.283 e. The van der Waals surface area contributed by atoms with Gasteiger partial charge in [-0.05, 0) is 68.8 Å². The minimum absolute atomic E-state index is 0.113. The summed E-state index contributed by atoms with van der Waals surface area (Å²) < 4.78 is 11.2. The van der Waals surface area contributed by atoms with E-state index in [1.807, 2.05) is 69.3 Å². The number of carbonyl (C=O) groups excluding carboxylic acids is 1. The molecule has 0 atom stereocenters. The van der Waals surface area contributed by atoms with E-state index in [-0.39, 0.29) is 12.0 Å². The molecule has 0 aliphatic carbocycles.